The molecule has 112 valence electrons. The molecule has 2 rings (SSSR count). The SMILES string of the molecule is CC1=C(NC(=O)COc2ccc(Cl)c(F)c2)CC1NC=O. The van der Waals surface area contributed by atoms with Crippen molar-refractivity contribution in [1.82, 2.24) is 10.6 Å². The molecule has 1 aliphatic rings. The van der Waals surface area contributed by atoms with Gasteiger partial charge in [0.05, 0.1) is 11.1 Å². The molecule has 2 amide bonds. The third kappa shape index (κ3) is 3.72. The summed E-state index contributed by atoms with van der Waals surface area (Å²) in [5, 5.41) is 5.32. The molecule has 1 aromatic carbocycles. The Bertz CT molecular complexity index is 604. The van der Waals surface area contributed by atoms with Gasteiger partial charge in [0.1, 0.15) is 11.6 Å². The summed E-state index contributed by atoms with van der Waals surface area (Å²) in [4.78, 5) is 22.0. The van der Waals surface area contributed by atoms with Gasteiger partial charge in [-0.25, -0.2) is 4.39 Å². The normalized spacial score (nSPS) is 17.0. The van der Waals surface area contributed by atoms with Crippen molar-refractivity contribution in [3.63, 3.8) is 0 Å². The van der Waals surface area contributed by atoms with Gasteiger partial charge in [-0.05, 0) is 24.6 Å². The quantitative estimate of drug-likeness (QED) is 0.787. The highest BCUT2D eigenvalue weighted by atomic mass is 35.5. The lowest BCUT2D eigenvalue weighted by molar-refractivity contribution is -0.122. The van der Waals surface area contributed by atoms with E-state index in [2.05, 4.69) is 10.6 Å². The highest BCUT2D eigenvalue weighted by Crippen LogP contribution is 2.25. The maximum atomic E-state index is 13.2. The van der Waals surface area contributed by atoms with Crippen molar-refractivity contribution < 1.29 is 18.7 Å². The smallest absolute Gasteiger partial charge is 0.262 e. The van der Waals surface area contributed by atoms with E-state index < -0.39 is 5.82 Å². The van der Waals surface area contributed by atoms with E-state index in [4.69, 9.17) is 16.3 Å². The molecule has 0 saturated carbocycles. The second-order valence-corrected chi connectivity index (χ2v) is 5.02. The van der Waals surface area contributed by atoms with Gasteiger partial charge in [0.25, 0.3) is 5.91 Å². The minimum absolute atomic E-state index is 0.00392. The molecule has 0 spiro atoms. The summed E-state index contributed by atoms with van der Waals surface area (Å²) in [7, 11) is 0. The number of hydrogen-bond donors (Lipinski definition) is 2. The lowest BCUT2D eigenvalue weighted by Gasteiger charge is -2.31. The topological polar surface area (TPSA) is 67.4 Å². The molecule has 0 aromatic heterocycles. The summed E-state index contributed by atoms with van der Waals surface area (Å²) < 4.78 is 18.4. The minimum atomic E-state index is -0.602. The second kappa shape index (κ2) is 6.58. The van der Waals surface area contributed by atoms with Gasteiger partial charge < -0.3 is 15.4 Å². The van der Waals surface area contributed by atoms with Crippen LogP contribution in [0.1, 0.15) is 13.3 Å². The molecule has 0 aliphatic heterocycles. The maximum absolute atomic E-state index is 13.2. The second-order valence-electron chi connectivity index (χ2n) is 4.62. The molecule has 0 radical (unpaired) electrons. The first kappa shape index (κ1) is 15.3. The number of benzene rings is 1. The fourth-order valence-corrected chi connectivity index (χ4v) is 2.05. The Morgan fingerprint density at radius 2 is 2.33 bits per heavy atom. The fourth-order valence-electron chi connectivity index (χ4n) is 1.93. The van der Waals surface area contributed by atoms with Crippen LogP contribution in [0.25, 0.3) is 0 Å². The monoisotopic (exact) mass is 312 g/mol. The number of ether oxygens (including phenoxy) is 1. The maximum Gasteiger partial charge on any atom is 0.262 e. The van der Waals surface area contributed by atoms with Crippen molar-refractivity contribution in [2.75, 3.05) is 6.61 Å². The first-order chi connectivity index (χ1) is 10.0. The number of carbonyl (C=O) groups excluding carboxylic acids is 2. The van der Waals surface area contributed by atoms with E-state index in [1.165, 1.54) is 12.1 Å². The molecule has 0 bridgehead atoms. The highest BCUT2D eigenvalue weighted by molar-refractivity contribution is 6.30. The van der Waals surface area contributed by atoms with Gasteiger partial charge in [-0.2, -0.15) is 0 Å². The summed E-state index contributed by atoms with van der Waals surface area (Å²) in [6.45, 7) is 1.60. The zero-order chi connectivity index (χ0) is 15.4. The molecule has 7 heteroatoms. The van der Waals surface area contributed by atoms with Gasteiger partial charge in [0, 0.05) is 18.2 Å². The lowest BCUT2D eigenvalue weighted by atomic mass is 9.89. The third-order valence-electron chi connectivity index (χ3n) is 3.23. The van der Waals surface area contributed by atoms with E-state index in [9.17, 15) is 14.0 Å². The molecule has 21 heavy (non-hydrogen) atoms. The van der Waals surface area contributed by atoms with Crippen molar-refractivity contribution in [2.45, 2.75) is 19.4 Å². The van der Waals surface area contributed by atoms with Gasteiger partial charge in [0.15, 0.2) is 6.61 Å². The first-order valence-corrected chi connectivity index (χ1v) is 6.66. The number of carbonyl (C=O) groups is 2. The molecule has 0 saturated heterocycles. The van der Waals surface area contributed by atoms with E-state index in [1.54, 1.807) is 0 Å². The van der Waals surface area contributed by atoms with Crippen molar-refractivity contribution in [2.24, 2.45) is 0 Å². The van der Waals surface area contributed by atoms with Crippen LogP contribution in [0.2, 0.25) is 5.02 Å². The summed E-state index contributed by atoms with van der Waals surface area (Å²) in [5.74, 6) is -0.717. The fraction of sp³-hybridized carbons (Fsp3) is 0.286. The van der Waals surface area contributed by atoms with Crippen LogP contribution in [0.4, 0.5) is 4.39 Å². The van der Waals surface area contributed by atoms with E-state index in [0.29, 0.717) is 12.8 Å². The van der Waals surface area contributed by atoms with Gasteiger partial charge in [0.2, 0.25) is 6.41 Å². The number of amides is 2. The molecule has 0 heterocycles. The molecule has 0 fully saturated rings. The minimum Gasteiger partial charge on any atom is -0.484 e. The third-order valence-corrected chi connectivity index (χ3v) is 3.53. The molecule has 1 aliphatic carbocycles. The Balaban J connectivity index is 1.83. The summed E-state index contributed by atoms with van der Waals surface area (Å²) in [5.41, 5.74) is 1.68. The Kier molecular flexibility index (Phi) is 4.80. The molecule has 2 N–H and O–H groups in total. The van der Waals surface area contributed by atoms with Crippen molar-refractivity contribution in [3.8, 4) is 5.75 Å². The number of rotatable bonds is 6. The molecular formula is C14H14ClFN2O3. The number of nitrogens with one attached hydrogen (secondary N) is 2. The average molecular weight is 313 g/mol. The number of hydrogen-bond acceptors (Lipinski definition) is 3. The van der Waals surface area contributed by atoms with Crippen LogP contribution < -0.4 is 15.4 Å². The largest absolute Gasteiger partial charge is 0.484 e. The molecule has 1 unspecified atom stereocenters. The molecule has 1 aromatic rings. The number of halogens is 2. The molecule has 1 atom stereocenters. The van der Waals surface area contributed by atoms with Crippen LogP contribution in [-0.2, 0) is 9.59 Å². The standard InChI is InChI=1S/C14H14ClFN2O3/c1-8-12(17-7-19)5-13(8)18-14(20)6-21-9-2-3-10(15)11(16)4-9/h2-4,7,12H,5-6H2,1H3,(H,17,19)(H,18,20). The van der Waals surface area contributed by atoms with Crippen LogP contribution in [-0.4, -0.2) is 25.0 Å². The Morgan fingerprint density at radius 3 is 2.95 bits per heavy atom. The predicted octanol–water partition coefficient (Wildman–Crippen LogP) is 1.77. The van der Waals surface area contributed by atoms with Gasteiger partial charge >= 0.3 is 0 Å². The van der Waals surface area contributed by atoms with Crippen LogP contribution >= 0.6 is 11.6 Å². The van der Waals surface area contributed by atoms with Crippen LogP contribution in [0.15, 0.2) is 29.5 Å². The average Bonchev–Trinajstić information content (AvgIpc) is 2.47. The van der Waals surface area contributed by atoms with Crippen LogP contribution in [0.3, 0.4) is 0 Å². The van der Waals surface area contributed by atoms with E-state index in [1.807, 2.05) is 6.92 Å². The van der Waals surface area contributed by atoms with E-state index >= 15 is 0 Å². The van der Waals surface area contributed by atoms with Gasteiger partial charge in [-0.1, -0.05) is 11.6 Å². The highest BCUT2D eigenvalue weighted by Gasteiger charge is 2.26. The van der Waals surface area contributed by atoms with E-state index in [0.717, 1.165) is 17.3 Å². The summed E-state index contributed by atoms with van der Waals surface area (Å²) >= 11 is 5.55. The summed E-state index contributed by atoms with van der Waals surface area (Å²) in [6, 6.07) is 3.94. The van der Waals surface area contributed by atoms with Crippen LogP contribution in [0.5, 0.6) is 5.75 Å². The zero-order valence-corrected chi connectivity index (χ0v) is 12.0. The van der Waals surface area contributed by atoms with Crippen molar-refractivity contribution in [1.29, 1.82) is 0 Å². The Morgan fingerprint density at radius 1 is 1.57 bits per heavy atom. The van der Waals surface area contributed by atoms with Gasteiger partial charge in [-0.3, -0.25) is 9.59 Å². The van der Waals surface area contributed by atoms with Crippen molar-refractivity contribution >= 4 is 23.9 Å². The Hall–Kier alpha value is -2.08. The zero-order valence-electron chi connectivity index (χ0n) is 11.3. The predicted molar refractivity (Wildman–Crippen MR) is 75.4 cm³/mol. The molecular weight excluding hydrogens is 299 g/mol. The van der Waals surface area contributed by atoms with Crippen LogP contribution in [0, 0.1) is 5.82 Å². The lowest BCUT2D eigenvalue weighted by Crippen LogP contribution is -2.43. The van der Waals surface area contributed by atoms with E-state index in [-0.39, 0.29) is 29.3 Å². The van der Waals surface area contributed by atoms with Gasteiger partial charge in [-0.15, -0.1) is 0 Å². The molecule has 5 nitrogen and oxygen atoms in total. The first-order valence-electron chi connectivity index (χ1n) is 6.28. The Labute approximate surface area is 126 Å². The van der Waals surface area contributed by atoms with Crippen molar-refractivity contribution in [3.05, 3.63) is 40.3 Å². The summed E-state index contributed by atoms with van der Waals surface area (Å²) in [6.07, 6.45) is 1.21.